The summed E-state index contributed by atoms with van der Waals surface area (Å²) in [6.07, 6.45) is 2.62. The van der Waals surface area contributed by atoms with Crippen LogP contribution >= 0.6 is 0 Å². The number of carbonyl (C=O) groups excluding carboxylic acids is 2. The predicted molar refractivity (Wildman–Crippen MR) is 175 cm³/mol. The fourth-order valence-electron chi connectivity index (χ4n) is 5.51. The summed E-state index contributed by atoms with van der Waals surface area (Å²) in [6, 6.07) is 27.4. The van der Waals surface area contributed by atoms with Gasteiger partial charge in [-0.1, -0.05) is 98.1 Å². The van der Waals surface area contributed by atoms with Gasteiger partial charge in [-0.3, -0.25) is 4.79 Å². The first-order valence-corrected chi connectivity index (χ1v) is 14.9. The standard InChI is InChI=1S/C38H37NO6/c1-5-27-18-20-31(22-28(27)6-2)45-35(29-16-12-9-13-17-29)37(40)39-24-30-19-21-34(42-4)36(44-25-26-14-10-8-11-15-26)32(30)23-33(39)38(41)43-7-3/h5-6,8-22,33,35H,1-2,7,23-25H2,3-4H3/t33-,35-/m0/s1. The fraction of sp³-hybridized carbons (Fsp3) is 0.211. The molecule has 0 radical (unpaired) electrons. The molecule has 230 valence electrons. The van der Waals surface area contributed by atoms with E-state index in [1.165, 1.54) is 0 Å². The van der Waals surface area contributed by atoms with Crippen molar-refractivity contribution < 1.29 is 28.5 Å². The minimum absolute atomic E-state index is 0.156. The number of amides is 1. The molecule has 7 heteroatoms. The van der Waals surface area contributed by atoms with Crippen LogP contribution in [0, 0.1) is 0 Å². The summed E-state index contributed by atoms with van der Waals surface area (Å²) in [4.78, 5) is 29.6. The van der Waals surface area contributed by atoms with Gasteiger partial charge in [-0.15, -0.1) is 0 Å². The first-order chi connectivity index (χ1) is 22.0. The number of hydrogen-bond donors (Lipinski definition) is 0. The van der Waals surface area contributed by atoms with Crippen molar-refractivity contribution in [3.63, 3.8) is 0 Å². The van der Waals surface area contributed by atoms with Crippen LogP contribution < -0.4 is 14.2 Å². The molecule has 2 atom stereocenters. The summed E-state index contributed by atoms with van der Waals surface area (Å²) >= 11 is 0. The molecule has 0 aromatic heterocycles. The van der Waals surface area contributed by atoms with E-state index in [9.17, 15) is 9.59 Å². The molecule has 0 bridgehead atoms. The summed E-state index contributed by atoms with van der Waals surface area (Å²) < 4.78 is 23.9. The average molecular weight is 604 g/mol. The largest absolute Gasteiger partial charge is 0.493 e. The van der Waals surface area contributed by atoms with Gasteiger partial charge in [-0.25, -0.2) is 4.79 Å². The highest BCUT2D eigenvalue weighted by Crippen LogP contribution is 2.40. The monoisotopic (exact) mass is 603 g/mol. The van der Waals surface area contributed by atoms with E-state index < -0.39 is 18.1 Å². The van der Waals surface area contributed by atoms with E-state index in [0.29, 0.717) is 29.4 Å². The van der Waals surface area contributed by atoms with Crippen LogP contribution in [-0.4, -0.2) is 36.5 Å². The van der Waals surface area contributed by atoms with Gasteiger partial charge in [0.1, 0.15) is 18.4 Å². The van der Waals surface area contributed by atoms with Gasteiger partial charge in [0.15, 0.2) is 11.5 Å². The lowest BCUT2D eigenvalue weighted by atomic mass is 9.91. The van der Waals surface area contributed by atoms with Crippen molar-refractivity contribution in [3.05, 3.63) is 138 Å². The number of carbonyl (C=O) groups is 2. The maximum absolute atomic E-state index is 14.5. The normalized spacial score (nSPS) is 14.4. The van der Waals surface area contributed by atoms with Crippen molar-refractivity contribution in [2.45, 2.75) is 38.6 Å². The Balaban J connectivity index is 1.53. The molecule has 1 aliphatic rings. The second-order valence-corrected chi connectivity index (χ2v) is 10.6. The molecule has 45 heavy (non-hydrogen) atoms. The molecule has 7 nitrogen and oxygen atoms in total. The Morgan fingerprint density at radius 2 is 1.64 bits per heavy atom. The zero-order chi connectivity index (χ0) is 31.8. The van der Waals surface area contributed by atoms with E-state index in [4.69, 9.17) is 18.9 Å². The Morgan fingerprint density at radius 3 is 2.31 bits per heavy atom. The molecule has 5 rings (SSSR count). The molecule has 0 saturated heterocycles. The van der Waals surface area contributed by atoms with Gasteiger partial charge >= 0.3 is 5.97 Å². The second kappa shape index (κ2) is 14.4. The van der Waals surface area contributed by atoms with Crippen molar-refractivity contribution in [2.24, 2.45) is 0 Å². The minimum Gasteiger partial charge on any atom is -0.493 e. The number of nitrogens with zero attached hydrogens (tertiary/aromatic N) is 1. The smallest absolute Gasteiger partial charge is 0.329 e. The number of ether oxygens (including phenoxy) is 4. The van der Waals surface area contributed by atoms with E-state index in [-0.39, 0.29) is 25.5 Å². The van der Waals surface area contributed by atoms with Gasteiger partial charge in [0.05, 0.1) is 13.7 Å². The Kier molecular flexibility index (Phi) is 10.00. The lowest BCUT2D eigenvalue weighted by molar-refractivity contribution is -0.158. The quantitative estimate of drug-likeness (QED) is 0.160. The minimum atomic E-state index is -1.02. The summed E-state index contributed by atoms with van der Waals surface area (Å²) in [5, 5.41) is 0. The molecule has 1 amide bonds. The molecular weight excluding hydrogens is 566 g/mol. The topological polar surface area (TPSA) is 74.3 Å². The summed E-state index contributed by atoms with van der Waals surface area (Å²) in [5.74, 6) is 0.739. The predicted octanol–water partition coefficient (Wildman–Crippen LogP) is 7.20. The average Bonchev–Trinajstić information content (AvgIpc) is 3.09. The van der Waals surface area contributed by atoms with E-state index in [2.05, 4.69) is 13.2 Å². The van der Waals surface area contributed by atoms with E-state index in [1.54, 1.807) is 37.2 Å². The number of rotatable bonds is 12. The highest BCUT2D eigenvalue weighted by molar-refractivity contribution is 5.89. The molecule has 0 spiro atoms. The van der Waals surface area contributed by atoms with Gasteiger partial charge in [0.25, 0.3) is 5.91 Å². The van der Waals surface area contributed by atoms with Gasteiger partial charge in [-0.05, 0) is 47.4 Å². The van der Waals surface area contributed by atoms with Crippen molar-refractivity contribution in [2.75, 3.05) is 13.7 Å². The van der Waals surface area contributed by atoms with Crippen molar-refractivity contribution in [1.82, 2.24) is 4.90 Å². The van der Waals surface area contributed by atoms with E-state index in [0.717, 1.165) is 27.8 Å². The Bertz CT molecular complexity index is 1670. The number of esters is 1. The number of hydrogen-bond acceptors (Lipinski definition) is 6. The first-order valence-electron chi connectivity index (χ1n) is 14.9. The number of fused-ring (bicyclic) bond motifs is 1. The molecule has 0 aliphatic carbocycles. The zero-order valence-corrected chi connectivity index (χ0v) is 25.6. The Morgan fingerprint density at radius 1 is 0.933 bits per heavy atom. The van der Waals surface area contributed by atoms with Crippen molar-refractivity contribution >= 4 is 24.0 Å². The molecule has 0 N–H and O–H groups in total. The molecule has 1 aliphatic heterocycles. The summed E-state index contributed by atoms with van der Waals surface area (Å²) in [7, 11) is 1.58. The second-order valence-electron chi connectivity index (χ2n) is 10.6. The molecule has 4 aromatic rings. The van der Waals surface area contributed by atoms with Gasteiger partial charge in [-0.2, -0.15) is 0 Å². The summed E-state index contributed by atoms with van der Waals surface area (Å²) in [6.45, 7) is 10.2. The molecule has 0 saturated carbocycles. The van der Waals surface area contributed by atoms with E-state index in [1.807, 2.05) is 84.9 Å². The van der Waals surface area contributed by atoms with Crippen LogP contribution in [0.25, 0.3) is 12.2 Å². The Hall–Kier alpha value is -5.30. The fourth-order valence-corrected chi connectivity index (χ4v) is 5.51. The van der Waals surface area contributed by atoms with Gasteiger partial charge < -0.3 is 23.8 Å². The molecule has 0 fully saturated rings. The third-order valence-electron chi connectivity index (χ3n) is 7.80. The first kappa shape index (κ1) is 31.1. The van der Waals surface area contributed by atoms with Crippen LogP contribution in [0.4, 0.5) is 0 Å². The maximum Gasteiger partial charge on any atom is 0.329 e. The maximum atomic E-state index is 14.5. The summed E-state index contributed by atoms with van der Waals surface area (Å²) in [5.41, 5.74) is 5.04. The third kappa shape index (κ3) is 6.93. The SMILES string of the molecule is C=Cc1ccc(O[C@H](C(=O)N2Cc3ccc(OC)c(OCc4ccccc4)c3C[C@H]2C(=O)OCC)c2ccccc2)cc1C=C. The highest BCUT2D eigenvalue weighted by Gasteiger charge is 2.41. The molecule has 4 aromatic carbocycles. The van der Waals surface area contributed by atoms with Crippen LogP contribution in [0.3, 0.4) is 0 Å². The lowest BCUT2D eigenvalue weighted by Crippen LogP contribution is -2.51. The van der Waals surface area contributed by atoms with Crippen LogP contribution in [0.15, 0.2) is 104 Å². The molecular formula is C38H37NO6. The lowest BCUT2D eigenvalue weighted by Gasteiger charge is -2.38. The van der Waals surface area contributed by atoms with Gasteiger partial charge in [0, 0.05) is 24.1 Å². The van der Waals surface area contributed by atoms with Crippen molar-refractivity contribution in [3.8, 4) is 17.2 Å². The van der Waals surface area contributed by atoms with Crippen LogP contribution in [0.2, 0.25) is 0 Å². The van der Waals surface area contributed by atoms with Crippen LogP contribution in [0.5, 0.6) is 17.2 Å². The van der Waals surface area contributed by atoms with Crippen LogP contribution in [-0.2, 0) is 33.9 Å². The van der Waals surface area contributed by atoms with Gasteiger partial charge in [0.2, 0.25) is 6.10 Å². The van der Waals surface area contributed by atoms with Crippen molar-refractivity contribution in [1.29, 1.82) is 0 Å². The molecule has 1 heterocycles. The molecule has 0 unspecified atom stereocenters. The zero-order valence-electron chi connectivity index (χ0n) is 25.6. The number of methoxy groups -OCH3 is 1. The number of benzene rings is 4. The van der Waals surface area contributed by atoms with E-state index >= 15 is 0 Å². The van der Waals surface area contributed by atoms with Crippen LogP contribution in [0.1, 0.15) is 46.4 Å². The Labute approximate surface area is 264 Å². The highest BCUT2D eigenvalue weighted by atomic mass is 16.5. The third-order valence-corrected chi connectivity index (χ3v) is 7.80.